The second kappa shape index (κ2) is 21.0. The molecular formula is C30H53N3O3. The second-order valence-electron chi connectivity index (χ2n) is 7.94. The highest BCUT2D eigenvalue weighted by Crippen LogP contribution is 2.30. The number of pyridine rings is 1. The summed E-state index contributed by atoms with van der Waals surface area (Å²) in [6, 6.07) is 4.16. The first kappa shape index (κ1) is 36.0. The van der Waals surface area contributed by atoms with Crippen molar-refractivity contribution in [2.45, 2.75) is 119 Å². The van der Waals surface area contributed by atoms with Gasteiger partial charge in [0.25, 0.3) is 0 Å². The molecule has 36 heavy (non-hydrogen) atoms. The fourth-order valence-electron chi connectivity index (χ4n) is 3.45. The zero-order valence-corrected chi connectivity index (χ0v) is 25.2. The maximum absolute atomic E-state index is 9.49. The Morgan fingerprint density at radius 2 is 1.47 bits per heavy atom. The Labute approximate surface area is 222 Å². The minimum Gasteiger partial charge on any atom is -0.381 e. The summed E-state index contributed by atoms with van der Waals surface area (Å²) in [6.07, 6.45) is 6.51. The van der Waals surface area contributed by atoms with Gasteiger partial charge in [-0.1, -0.05) is 61.3 Å². The van der Waals surface area contributed by atoms with E-state index < -0.39 is 5.60 Å². The molecule has 2 aliphatic rings. The van der Waals surface area contributed by atoms with Crippen LogP contribution in [0.5, 0.6) is 0 Å². The van der Waals surface area contributed by atoms with E-state index in [9.17, 15) is 5.26 Å². The number of hydrogen-bond donors (Lipinski definition) is 0. The number of methoxy groups -OCH3 is 2. The third-order valence-electron chi connectivity index (χ3n) is 5.56. The maximum atomic E-state index is 9.49. The molecule has 0 atom stereocenters. The van der Waals surface area contributed by atoms with Gasteiger partial charge in [-0.2, -0.15) is 5.26 Å². The SMILES string of the molecule is CC.CC.CC.CC.COC1CC(OC2CCN(c3cc(C#CC(C)(C)OC)ncc3C#N)CC2)C1. The molecule has 1 aliphatic heterocycles. The Balaban J connectivity index is 0. The van der Waals surface area contributed by atoms with Crippen molar-refractivity contribution in [3.8, 4) is 17.9 Å². The molecule has 0 N–H and O–H groups in total. The van der Waals surface area contributed by atoms with Crippen LogP contribution >= 0.6 is 0 Å². The summed E-state index contributed by atoms with van der Waals surface area (Å²) in [5, 5.41) is 9.49. The Hall–Kier alpha value is -2.12. The molecule has 0 bridgehead atoms. The number of nitriles is 1. The van der Waals surface area contributed by atoms with Crippen LogP contribution in [-0.2, 0) is 14.2 Å². The van der Waals surface area contributed by atoms with Gasteiger partial charge in [-0.15, -0.1) is 0 Å². The standard InChI is InChI=1S/C22H29N3O3.4C2H6/c1-22(2,27-4)8-5-17-11-21(16(14-23)15-24-17)25-9-6-18(7-10-25)28-20-12-19(13-20)26-3;4*1-2/h11,15,18-20H,6-7,9-10,12-13H2,1-4H3;4*1-2H3. The van der Waals surface area contributed by atoms with E-state index in [1.165, 1.54) is 0 Å². The molecule has 0 aromatic carbocycles. The first-order valence-corrected chi connectivity index (χ1v) is 13.9. The highest BCUT2D eigenvalue weighted by atomic mass is 16.5. The number of aromatic nitrogens is 1. The Bertz CT molecular complexity index is 779. The average molecular weight is 504 g/mol. The van der Waals surface area contributed by atoms with Crippen LogP contribution in [0.15, 0.2) is 12.3 Å². The van der Waals surface area contributed by atoms with E-state index >= 15 is 0 Å². The topological polar surface area (TPSA) is 67.6 Å². The van der Waals surface area contributed by atoms with E-state index in [1.807, 2.05) is 75.3 Å². The number of ether oxygens (including phenoxy) is 3. The van der Waals surface area contributed by atoms with Crippen LogP contribution in [0.25, 0.3) is 0 Å². The molecule has 2 fully saturated rings. The highest BCUT2D eigenvalue weighted by molar-refractivity contribution is 5.61. The van der Waals surface area contributed by atoms with Crippen LogP contribution in [0, 0.1) is 23.2 Å². The normalized spacial score (nSPS) is 18.4. The van der Waals surface area contributed by atoms with Crippen LogP contribution in [0.1, 0.15) is 106 Å². The predicted octanol–water partition coefficient (Wildman–Crippen LogP) is 7.00. The highest BCUT2D eigenvalue weighted by Gasteiger charge is 2.33. The van der Waals surface area contributed by atoms with Gasteiger partial charge in [0, 0.05) is 33.5 Å². The van der Waals surface area contributed by atoms with Crippen LogP contribution in [0.4, 0.5) is 5.69 Å². The summed E-state index contributed by atoms with van der Waals surface area (Å²) < 4.78 is 16.8. The fraction of sp³-hybridized carbons (Fsp3) is 0.733. The van der Waals surface area contributed by atoms with Gasteiger partial charge in [0.1, 0.15) is 17.4 Å². The van der Waals surface area contributed by atoms with E-state index in [-0.39, 0.29) is 6.10 Å². The monoisotopic (exact) mass is 503 g/mol. The summed E-state index contributed by atoms with van der Waals surface area (Å²) in [5.41, 5.74) is 1.60. The lowest BCUT2D eigenvalue weighted by molar-refractivity contribution is -0.119. The zero-order chi connectivity index (χ0) is 28.1. The van der Waals surface area contributed by atoms with Gasteiger partial charge in [0.2, 0.25) is 0 Å². The van der Waals surface area contributed by atoms with Crippen molar-refractivity contribution in [3.05, 3.63) is 23.5 Å². The molecule has 1 aromatic heterocycles. The summed E-state index contributed by atoms with van der Waals surface area (Å²) in [7, 11) is 3.40. The first-order chi connectivity index (χ1) is 17.4. The van der Waals surface area contributed by atoms with Crippen molar-refractivity contribution in [1.29, 1.82) is 5.26 Å². The van der Waals surface area contributed by atoms with Gasteiger partial charge < -0.3 is 19.1 Å². The minimum absolute atomic E-state index is 0.285. The van der Waals surface area contributed by atoms with Crippen molar-refractivity contribution in [2.24, 2.45) is 0 Å². The van der Waals surface area contributed by atoms with E-state index in [0.29, 0.717) is 23.5 Å². The van der Waals surface area contributed by atoms with Crippen molar-refractivity contribution in [3.63, 3.8) is 0 Å². The number of rotatable bonds is 5. The van der Waals surface area contributed by atoms with Gasteiger partial charge in [0.05, 0.1) is 29.6 Å². The average Bonchev–Trinajstić information content (AvgIpc) is 2.94. The number of piperidine rings is 1. The van der Waals surface area contributed by atoms with Crippen molar-refractivity contribution in [1.82, 2.24) is 4.98 Å². The molecule has 2 heterocycles. The van der Waals surface area contributed by atoms with Crippen LogP contribution in [0.2, 0.25) is 0 Å². The molecule has 3 rings (SSSR count). The molecule has 206 valence electrons. The number of anilines is 1. The van der Waals surface area contributed by atoms with Crippen molar-refractivity contribution >= 4 is 5.69 Å². The molecule has 0 unspecified atom stereocenters. The quantitative estimate of drug-likeness (QED) is 0.403. The second-order valence-corrected chi connectivity index (χ2v) is 7.94. The van der Waals surface area contributed by atoms with Crippen LogP contribution in [-0.4, -0.2) is 56.2 Å². The lowest BCUT2D eigenvalue weighted by Crippen LogP contribution is -2.43. The third kappa shape index (κ3) is 12.2. The lowest BCUT2D eigenvalue weighted by Gasteiger charge is -2.40. The smallest absolute Gasteiger partial charge is 0.123 e. The largest absolute Gasteiger partial charge is 0.381 e. The van der Waals surface area contributed by atoms with E-state index in [4.69, 9.17) is 14.2 Å². The lowest BCUT2D eigenvalue weighted by atomic mass is 9.91. The Morgan fingerprint density at radius 3 is 1.94 bits per heavy atom. The summed E-state index contributed by atoms with van der Waals surface area (Å²) in [5.74, 6) is 6.14. The fourth-order valence-corrected chi connectivity index (χ4v) is 3.45. The Kier molecular flexibility index (Phi) is 21.0. The number of hydrogen-bond acceptors (Lipinski definition) is 6. The van der Waals surface area contributed by atoms with E-state index in [0.717, 1.165) is 44.5 Å². The molecule has 6 heteroatoms. The van der Waals surface area contributed by atoms with E-state index in [1.54, 1.807) is 20.4 Å². The third-order valence-corrected chi connectivity index (χ3v) is 5.56. The van der Waals surface area contributed by atoms with Gasteiger partial charge >= 0.3 is 0 Å². The van der Waals surface area contributed by atoms with Gasteiger partial charge in [-0.25, -0.2) is 4.98 Å². The van der Waals surface area contributed by atoms with Gasteiger partial charge in [0.15, 0.2) is 0 Å². The molecule has 1 saturated carbocycles. The maximum Gasteiger partial charge on any atom is 0.123 e. The van der Waals surface area contributed by atoms with Crippen molar-refractivity contribution < 1.29 is 14.2 Å². The number of nitrogens with zero attached hydrogens (tertiary/aromatic N) is 3. The molecule has 1 aliphatic carbocycles. The summed E-state index contributed by atoms with van der Waals surface area (Å²) >= 11 is 0. The van der Waals surface area contributed by atoms with Gasteiger partial charge in [-0.3, -0.25) is 0 Å². The molecule has 1 saturated heterocycles. The van der Waals surface area contributed by atoms with Crippen molar-refractivity contribution in [2.75, 3.05) is 32.2 Å². The molecule has 1 aromatic rings. The van der Waals surface area contributed by atoms with Crippen LogP contribution in [0.3, 0.4) is 0 Å². The summed E-state index contributed by atoms with van der Waals surface area (Å²) in [6.45, 7) is 21.5. The molecule has 0 amide bonds. The zero-order valence-electron chi connectivity index (χ0n) is 25.2. The minimum atomic E-state index is -0.533. The predicted molar refractivity (Wildman–Crippen MR) is 152 cm³/mol. The summed E-state index contributed by atoms with van der Waals surface area (Å²) in [4.78, 5) is 6.56. The Morgan fingerprint density at radius 1 is 0.917 bits per heavy atom. The molecule has 0 radical (unpaired) electrons. The molecule has 0 spiro atoms. The van der Waals surface area contributed by atoms with E-state index in [2.05, 4.69) is 27.8 Å². The van der Waals surface area contributed by atoms with Gasteiger partial charge in [-0.05, 0) is 51.5 Å². The first-order valence-electron chi connectivity index (χ1n) is 13.9. The molecular weight excluding hydrogens is 450 g/mol. The molecule has 6 nitrogen and oxygen atoms in total. The van der Waals surface area contributed by atoms with Crippen LogP contribution < -0.4 is 4.90 Å².